The molecule has 0 amide bonds. The lowest BCUT2D eigenvalue weighted by molar-refractivity contribution is -0.133. The van der Waals surface area contributed by atoms with Crippen LogP contribution in [0.1, 0.15) is 51.4 Å². The van der Waals surface area contributed by atoms with Crippen molar-refractivity contribution in [2.75, 3.05) is 5.75 Å². The molecule has 1 aliphatic carbocycles. The number of hydrogen-bond acceptors (Lipinski definition) is 5. The van der Waals surface area contributed by atoms with Crippen molar-refractivity contribution in [1.82, 2.24) is 14.8 Å². The fourth-order valence-electron chi connectivity index (χ4n) is 3.21. The Bertz CT molecular complexity index is 490. The molecule has 1 fully saturated rings. The summed E-state index contributed by atoms with van der Waals surface area (Å²) in [6.07, 6.45) is 4.58. The van der Waals surface area contributed by atoms with Crippen LogP contribution in [0, 0.1) is 11.8 Å². The first-order valence-electron chi connectivity index (χ1n) is 7.43. The number of carboxylic acid groups (broad SMARTS) is 1. The molecule has 2 rings (SSSR count). The van der Waals surface area contributed by atoms with Crippen molar-refractivity contribution in [2.45, 2.75) is 57.3 Å². The highest BCUT2D eigenvalue weighted by Gasteiger charge is 2.32. The van der Waals surface area contributed by atoms with E-state index in [9.17, 15) is 9.90 Å². The second-order valence-corrected chi connectivity index (χ2v) is 6.81. The third-order valence-electron chi connectivity index (χ3n) is 4.17. The fourth-order valence-corrected chi connectivity index (χ4v) is 3.94. The van der Waals surface area contributed by atoms with Crippen molar-refractivity contribution < 1.29 is 15.0 Å². The number of nitrogens with zero attached hydrogens (tertiary/aromatic N) is 3. The number of aliphatic carboxylic acids is 1. The first-order chi connectivity index (χ1) is 10.0. The van der Waals surface area contributed by atoms with Crippen LogP contribution in [0.25, 0.3) is 0 Å². The highest BCUT2D eigenvalue weighted by Crippen LogP contribution is 2.40. The smallest absolute Gasteiger partial charge is 0.313 e. The highest BCUT2D eigenvalue weighted by atomic mass is 32.2. The maximum absolute atomic E-state index is 10.8. The van der Waals surface area contributed by atoms with Gasteiger partial charge in [-0.15, -0.1) is 10.2 Å². The van der Waals surface area contributed by atoms with Crippen LogP contribution in [0.2, 0.25) is 0 Å². The minimum Gasteiger partial charge on any atom is -0.481 e. The third-order valence-corrected chi connectivity index (χ3v) is 5.10. The Morgan fingerprint density at radius 2 is 2.10 bits per heavy atom. The summed E-state index contributed by atoms with van der Waals surface area (Å²) in [6, 6.07) is 0.257. The summed E-state index contributed by atoms with van der Waals surface area (Å²) in [5, 5.41) is 27.1. The zero-order valence-electron chi connectivity index (χ0n) is 12.5. The lowest BCUT2D eigenvalue weighted by Gasteiger charge is -2.36. The molecule has 0 aliphatic heterocycles. The summed E-state index contributed by atoms with van der Waals surface area (Å²) in [4.78, 5) is 10.8. The van der Waals surface area contributed by atoms with E-state index in [1.165, 1.54) is 18.2 Å². The van der Waals surface area contributed by atoms with Crippen molar-refractivity contribution in [1.29, 1.82) is 0 Å². The van der Waals surface area contributed by atoms with Crippen LogP contribution in [-0.4, -0.2) is 36.7 Å². The molecule has 1 aromatic rings. The van der Waals surface area contributed by atoms with Crippen LogP contribution in [0.5, 0.6) is 0 Å². The molecule has 1 aliphatic rings. The second kappa shape index (κ2) is 7.26. The molecule has 1 heterocycles. The van der Waals surface area contributed by atoms with E-state index in [0.29, 0.717) is 22.8 Å². The van der Waals surface area contributed by atoms with E-state index in [1.54, 1.807) is 0 Å². The Balaban J connectivity index is 2.30. The minimum atomic E-state index is -0.871. The number of carbonyl (C=O) groups is 1. The van der Waals surface area contributed by atoms with E-state index >= 15 is 0 Å². The third kappa shape index (κ3) is 3.77. The molecule has 2 N–H and O–H groups in total. The second-order valence-electron chi connectivity index (χ2n) is 5.87. The first-order valence-corrected chi connectivity index (χ1v) is 8.42. The van der Waals surface area contributed by atoms with Crippen LogP contribution >= 0.6 is 11.8 Å². The maximum Gasteiger partial charge on any atom is 0.313 e. The Morgan fingerprint density at radius 1 is 1.38 bits per heavy atom. The van der Waals surface area contributed by atoms with Gasteiger partial charge in [-0.1, -0.05) is 38.5 Å². The van der Waals surface area contributed by atoms with E-state index in [4.69, 9.17) is 5.11 Å². The van der Waals surface area contributed by atoms with Gasteiger partial charge in [0.25, 0.3) is 0 Å². The number of aliphatic hydroxyl groups is 1. The quantitative estimate of drug-likeness (QED) is 0.784. The van der Waals surface area contributed by atoms with Gasteiger partial charge >= 0.3 is 5.97 Å². The van der Waals surface area contributed by atoms with Crippen LogP contribution in [0.4, 0.5) is 0 Å². The summed E-state index contributed by atoms with van der Waals surface area (Å²) in [5.41, 5.74) is 0. The minimum absolute atomic E-state index is 0.0391. The SMILES string of the molecule is CC(C)C1CCCCC1n1c(CO)nnc1SCC(=O)O. The molecule has 0 bridgehead atoms. The summed E-state index contributed by atoms with van der Waals surface area (Å²) in [6.45, 7) is 4.27. The normalized spacial score (nSPS) is 22.7. The molecule has 2 unspecified atom stereocenters. The summed E-state index contributed by atoms with van der Waals surface area (Å²) < 4.78 is 1.98. The van der Waals surface area contributed by atoms with E-state index in [-0.39, 0.29) is 18.4 Å². The topological polar surface area (TPSA) is 88.2 Å². The van der Waals surface area contributed by atoms with Crippen LogP contribution in [0.3, 0.4) is 0 Å². The molecule has 0 radical (unpaired) electrons. The Labute approximate surface area is 129 Å². The van der Waals surface area contributed by atoms with Crippen molar-refractivity contribution >= 4 is 17.7 Å². The van der Waals surface area contributed by atoms with E-state index < -0.39 is 5.97 Å². The number of hydrogen-bond donors (Lipinski definition) is 2. The van der Waals surface area contributed by atoms with E-state index in [0.717, 1.165) is 19.3 Å². The van der Waals surface area contributed by atoms with Crippen molar-refractivity contribution in [2.24, 2.45) is 11.8 Å². The molecule has 0 spiro atoms. The number of carboxylic acids is 1. The molecule has 7 heteroatoms. The standard InChI is InChI=1S/C14H23N3O3S/c1-9(2)10-5-3-4-6-11(10)17-12(7-18)15-16-14(17)21-8-13(19)20/h9-11,18H,3-8H2,1-2H3,(H,19,20). The van der Waals surface area contributed by atoms with Gasteiger partial charge < -0.3 is 14.8 Å². The molecule has 21 heavy (non-hydrogen) atoms. The average molecular weight is 313 g/mol. The number of thioether (sulfide) groups is 1. The van der Waals surface area contributed by atoms with Gasteiger partial charge in [-0.3, -0.25) is 4.79 Å². The van der Waals surface area contributed by atoms with Gasteiger partial charge in [0.2, 0.25) is 0 Å². The van der Waals surface area contributed by atoms with Crippen molar-refractivity contribution in [3.63, 3.8) is 0 Å². The fraction of sp³-hybridized carbons (Fsp3) is 0.786. The monoisotopic (exact) mass is 313 g/mol. The van der Waals surface area contributed by atoms with Gasteiger partial charge in [-0.25, -0.2) is 0 Å². The van der Waals surface area contributed by atoms with Gasteiger partial charge in [-0.2, -0.15) is 0 Å². The molecule has 118 valence electrons. The Morgan fingerprint density at radius 3 is 2.71 bits per heavy atom. The molecule has 1 aromatic heterocycles. The summed E-state index contributed by atoms with van der Waals surface area (Å²) in [7, 11) is 0. The molecule has 1 saturated carbocycles. The zero-order chi connectivity index (χ0) is 15.4. The Hall–Kier alpha value is -1.08. The Kier molecular flexibility index (Phi) is 5.64. The van der Waals surface area contributed by atoms with Crippen molar-refractivity contribution in [3.8, 4) is 0 Å². The average Bonchev–Trinajstić information content (AvgIpc) is 2.87. The predicted octanol–water partition coefficient (Wildman–Crippen LogP) is 2.33. The molecular weight excluding hydrogens is 290 g/mol. The maximum atomic E-state index is 10.8. The number of aromatic nitrogens is 3. The van der Waals surface area contributed by atoms with Crippen molar-refractivity contribution in [3.05, 3.63) is 5.82 Å². The van der Waals surface area contributed by atoms with Gasteiger partial charge in [-0.05, 0) is 24.7 Å². The lowest BCUT2D eigenvalue weighted by Crippen LogP contribution is -2.29. The molecule has 0 aromatic carbocycles. The number of aliphatic hydroxyl groups excluding tert-OH is 1. The zero-order valence-corrected chi connectivity index (χ0v) is 13.3. The molecular formula is C14H23N3O3S. The van der Waals surface area contributed by atoms with Gasteiger partial charge in [0.1, 0.15) is 6.61 Å². The lowest BCUT2D eigenvalue weighted by atomic mass is 9.77. The molecule has 2 atom stereocenters. The molecule has 6 nitrogen and oxygen atoms in total. The van der Waals surface area contributed by atoms with Crippen LogP contribution in [0.15, 0.2) is 5.16 Å². The summed E-state index contributed by atoms with van der Waals surface area (Å²) >= 11 is 1.18. The number of rotatable bonds is 6. The van der Waals surface area contributed by atoms with Gasteiger partial charge in [0.15, 0.2) is 11.0 Å². The molecule has 0 saturated heterocycles. The first kappa shape index (κ1) is 16.3. The van der Waals surface area contributed by atoms with E-state index in [2.05, 4.69) is 24.0 Å². The van der Waals surface area contributed by atoms with E-state index in [1.807, 2.05) is 4.57 Å². The largest absolute Gasteiger partial charge is 0.481 e. The van der Waals surface area contributed by atoms with Crippen LogP contribution in [-0.2, 0) is 11.4 Å². The van der Waals surface area contributed by atoms with Crippen LogP contribution < -0.4 is 0 Å². The van der Waals surface area contributed by atoms with Gasteiger partial charge in [0, 0.05) is 6.04 Å². The van der Waals surface area contributed by atoms with Gasteiger partial charge in [0.05, 0.1) is 5.75 Å². The highest BCUT2D eigenvalue weighted by molar-refractivity contribution is 7.99. The predicted molar refractivity (Wildman–Crippen MR) is 80.1 cm³/mol. The summed E-state index contributed by atoms with van der Waals surface area (Å²) in [5.74, 6) is 0.693.